The molecule has 0 N–H and O–H groups in total. The Morgan fingerprint density at radius 3 is 2.49 bits per heavy atom. The van der Waals surface area contributed by atoms with Crippen LogP contribution in [-0.2, 0) is 9.53 Å². The van der Waals surface area contributed by atoms with Gasteiger partial charge in [-0.3, -0.25) is 9.69 Å². The molecule has 1 aromatic carbocycles. The van der Waals surface area contributed by atoms with Crippen molar-refractivity contribution < 1.29 is 18.7 Å². The summed E-state index contributed by atoms with van der Waals surface area (Å²) >= 11 is 5.80. The molecule has 1 saturated heterocycles. The van der Waals surface area contributed by atoms with Crippen molar-refractivity contribution in [2.45, 2.75) is 45.6 Å². The van der Waals surface area contributed by atoms with Crippen LogP contribution in [0.1, 0.15) is 50.4 Å². The Hall–Kier alpha value is -2.44. The molecule has 0 aromatic heterocycles. The molecule has 5 nitrogen and oxygen atoms in total. The Balaban J connectivity index is 1.95. The molecular formula is C28H36ClFN2O3. The molecule has 1 unspecified atom stereocenters. The topological polar surface area (TPSA) is 49.9 Å². The van der Waals surface area contributed by atoms with Gasteiger partial charge in [0.25, 0.3) is 0 Å². The van der Waals surface area contributed by atoms with Crippen LogP contribution in [-0.4, -0.2) is 49.1 Å². The number of hydrogen-bond donors (Lipinski definition) is 0. The number of carbonyl (C=O) groups excluding carboxylic acids is 2. The maximum absolute atomic E-state index is 15.7. The molecule has 7 heteroatoms. The van der Waals surface area contributed by atoms with E-state index in [4.69, 9.17) is 16.3 Å². The van der Waals surface area contributed by atoms with Gasteiger partial charge in [0, 0.05) is 41.8 Å². The zero-order valence-electron chi connectivity index (χ0n) is 21.1. The van der Waals surface area contributed by atoms with Gasteiger partial charge in [0.2, 0.25) is 5.91 Å². The number of anilines is 1. The number of nitrogens with zero attached hydrogens (tertiary/aromatic N) is 2. The van der Waals surface area contributed by atoms with Gasteiger partial charge >= 0.3 is 5.97 Å². The van der Waals surface area contributed by atoms with E-state index in [1.165, 1.54) is 32.1 Å². The van der Waals surface area contributed by atoms with Crippen molar-refractivity contribution in [3.05, 3.63) is 65.5 Å². The summed E-state index contributed by atoms with van der Waals surface area (Å²) in [6, 6.07) is 6.80. The molecular weight excluding hydrogens is 467 g/mol. The number of rotatable bonds is 10. The second kappa shape index (κ2) is 11.5. The first-order chi connectivity index (χ1) is 16.6. The minimum Gasteiger partial charge on any atom is -0.465 e. The standard InChI is InChI=1S/C28H36ClFN2O3/c1-6-16-32(22-14-12-21(13-15-22)27(34)35-5)26(33)23-18-31(17-20-10-11-20)28(3,4)25(23)24(30)9-7-8-19(2)29/h7-9,12-15,20,23,25H,2,6,10-11,16-18H2,1,3-5H3/b8-7-,24-9-/t23-,25?/m1/s1. The Kier molecular flexibility index (Phi) is 8.94. The quantitative estimate of drug-likeness (QED) is 0.286. The lowest BCUT2D eigenvalue weighted by molar-refractivity contribution is -0.123. The molecule has 1 saturated carbocycles. The summed E-state index contributed by atoms with van der Waals surface area (Å²) in [5.74, 6) is -1.40. The zero-order chi connectivity index (χ0) is 25.8. The SMILES string of the molecule is C=C(Cl)/C=C\C=C(/F)C1[C@H](C(=O)N(CCC)c2ccc(C(=O)OC)cc2)CN(CC2CC2)C1(C)C. The van der Waals surface area contributed by atoms with Gasteiger partial charge in [-0.1, -0.05) is 31.2 Å². The summed E-state index contributed by atoms with van der Waals surface area (Å²) in [7, 11) is 1.33. The molecule has 3 rings (SSSR count). The number of benzene rings is 1. The Labute approximate surface area is 213 Å². The first-order valence-corrected chi connectivity index (χ1v) is 12.6. The van der Waals surface area contributed by atoms with Gasteiger partial charge in [0.1, 0.15) is 5.83 Å². The number of esters is 1. The third kappa shape index (κ3) is 6.42. The van der Waals surface area contributed by atoms with Crippen LogP contribution < -0.4 is 4.90 Å². The number of methoxy groups -OCH3 is 1. The third-order valence-electron chi connectivity index (χ3n) is 7.03. The predicted molar refractivity (Wildman–Crippen MR) is 139 cm³/mol. The molecule has 190 valence electrons. The number of hydrogen-bond acceptors (Lipinski definition) is 4. The predicted octanol–water partition coefficient (Wildman–Crippen LogP) is 6.11. The monoisotopic (exact) mass is 502 g/mol. The zero-order valence-corrected chi connectivity index (χ0v) is 21.9. The minimum atomic E-state index is -0.601. The number of amides is 1. The number of carbonyl (C=O) groups is 2. The molecule has 0 spiro atoms. The highest BCUT2D eigenvalue weighted by atomic mass is 35.5. The van der Waals surface area contributed by atoms with E-state index < -0.39 is 23.3 Å². The molecule has 2 fully saturated rings. The molecule has 35 heavy (non-hydrogen) atoms. The van der Waals surface area contributed by atoms with Crippen LogP contribution in [0.15, 0.2) is 59.9 Å². The van der Waals surface area contributed by atoms with Crippen LogP contribution in [0, 0.1) is 17.8 Å². The molecule has 1 aliphatic heterocycles. The van der Waals surface area contributed by atoms with Gasteiger partial charge in [-0.25, -0.2) is 9.18 Å². The van der Waals surface area contributed by atoms with E-state index in [2.05, 4.69) is 11.5 Å². The molecule has 0 bridgehead atoms. The fourth-order valence-electron chi connectivity index (χ4n) is 4.97. The molecule has 1 amide bonds. The molecule has 1 heterocycles. The van der Waals surface area contributed by atoms with Crippen molar-refractivity contribution in [1.82, 2.24) is 4.90 Å². The molecule has 0 radical (unpaired) electrons. The highest BCUT2D eigenvalue weighted by Gasteiger charge is 2.53. The van der Waals surface area contributed by atoms with E-state index in [1.807, 2.05) is 20.8 Å². The summed E-state index contributed by atoms with van der Waals surface area (Å²) in [6.45, 7) is 11.5. The average molecular weight is 503 g/mol. The van der Waals surface area contributed by atoms with Crippen molar-refractivity contribution in [2.75, 3.05) is 31.6 Å². The fraction of sp³-hybridized carbons (Fsp3) is 0.500. The second-order valence-corrected chi connectivity index (χ2v) is 10.5. The van der Waals surface area contributed by atoms with Crippen LogP contribution in [0.4, 0.5) is 10.1 Å². The third-order valence-corrected chi connectivity index (χ3v) is 7.16. The summed E-state index contributed by atoms with van der Waals surface area (Å²) in [5.41, 5.74) is 0.573. The van der Waals surface area contributed by atoms with E-state index in [0.717, 1.165) is 13.0 Å². The highest BCUT2D eigenvalue weighted by molar-refractivity contribution is 6.30. The summed E-state index contributed by atoms with van der Waals surface area (Å²) < 4.78 is 20.5. The van der Waals surface area contributed by atoms with Gasteiger partial charge in [-0.2, -0.15) is 0 Å². The first-order valence-electron chi connectivity index (χ1n) is 12.2. The lowest BCUT2D eigenvalue weighted by Gasteiger charge is -2.36. The van der Waals surface area contributed by atoms with Gasteiger partial charge < -0.3 is 9.64 Å². The molecule has 1 aromatic rings. The van der Waals surface area contributed by atoms with E-state index >= 15 is 4.39 Å². The number of allylic oxidation sites excluding steroid dienone is 4. The largest absolute Gasteiger partial charge is 0.465 e. The normalized spacial score (nSPS) is 22.4. The Bertz CT molecular complexity index is 998. The average Bonchev–Trinajstić information content (AvgIpc) is 3.60. The highest BCUT2D eigenvalue weighted by Crippen LogP contribution is 2.46. The Morgan fingerprint density at radius 2 is 1.94 bits per heavy atom. The van der Waals surface area contributed by atoms with Crippen LogP contribution in [0.25, 0.3) is 0 Å². The molecule has 2 aliphatic rings. The van der Waals surface area contributed by atoms with Gasteiger partial charge in [0.15, 0.2) is 0 Å². The first kappa shape index (κ1) is 27.2. The van der Waals surface area contributed by atoms with Crippen molar-refractivity contribution in [2.24, 2.45) is 17.8 Å². The fourth-order valence-corrected chi connectivity index (χ4v) is 5.05. The van der Waals surface area contributed by atoms with Gasteiger partial charge in [-0.15, -0.1) is 0 Å². The molecule has 1 aliphatic carbocycles. The maximum Gasteiger partial charge on any atom is 0.337 e. The smallest absolute Gasteiger partial charge is 0.337 e. The summed E-state index contributed by atoms with van der Waals surface area (Å²) in [4.78, 5) is 29.8. The number of likely N-dealkylation sites (tertiary alicyclic amines) is 1. The van der Waals surface area contributed by atoms with Crippen LogP contribution in [0.2, 0.25) is 0 Å². The number of ether oxygens (including phenoxy) is 1. The summed E-state index contributed by atoms with van der Waals surface area (Å²) in [5, 5.41) is 0.312. The van der Waals surface area contributed by atoms with Crippen LogP contribution in [0.5, 0.6) is 0 Å². The van der Waals surface area contributed by atoms with Crippen molar-refractivity contribution >= 4 is 29.2 Å². The maximum atomic E-state index is 15.7. The van der Waals surface area contributed by atoms with E-state index in [9.17, 15) is 9.59 Å². The van der Waals surface area contributed by atoms with E-state index in [0.29, 0.717) is 35.3 Å². The summed E-state index contributed by atoms with van der Waals surface area (Å²) in [6.07, 6.45) is 7.59. The van der Waals surface area contributed by atoms with Gasteiger partial charge in [-0.05, 0) is 75.4 Å². The van der Waals surface area contributed by atoms with Crippen molar-refractivity contribution in [3.63, 3.8) is 0 Å². The van der Waals surface area contributed by atoms with E-state index in [1.54, 1.807) is 35.2 Å². The number of halogens is 2. The van der Waals surface area contributed by atoms with Crippen molar-refractivity contribution in [3.8, 4) is 0 Å². The Morgan fingerprint density at radius 1 is 1.29 bits per heavy atom. The minimum absolute atomic E-state index is 0.108. The lowest BCUT2D eigenvalue weighted by Crippen LogP contribution is -2.44. The lowest BCUT2D eigenvalue weighted by atomic mass is 9.80. The molecule has 2 atom stereocenters. The van der Waals surface area contributed by atoms with E-state index in [-0.39, 0.29) is 11.7 Å². The second-order valence-electron chi connectivity index (χ2n) is 9.97. The van der Waals surface area contributed by atoms with Crippen molar-refractivity contribution in [1.29, 1.82) is 0 Å². The van der Waals surface area contributed by atoms with Crippen LogP contribution in [0.3, 0.4) is 0 Å². The van der Waals surface area contributed by atoms with Crippen LogP contribution >= 0.6 is 11.6 Å². The van der Waals surface area contributed by atoms with Gasteiger partial charge in [0.05, 0.1) is 18.6 Å².